The number of rotatable bonds is 7. The van der Waals surface area contributed by atoms with Gasteiger partial charge in [-0.1, -0.05) is 37.6 Å². The van der Waals surface area contributed by atoms with Crippen LogP contribution >= 0.6 is 11.6 Å². The number of hydrogen-bond acceptors (Lipinski definition) is 6. The molecule has 1 N–H and O–H groups in total. The van der Waals surface area contributed by atoms with Gasteiger partial charge in [-0.25, -0.2) is 0 Å². The van der Waals surface area contributed by atoms with Gasteiger partial charge in [-0.2, -0.15) is 0 Å². The Bertz CT molecular complexity index is 1310. The molecule has 268 valence electrons. The molecule has 0 unspecified atom stereocenters. The number of nitrogens with zero attached hydrogens (tertiary/aromatic N) is 5. The van der Waals surface area contributed by atoms with Gasteiger partial charge in [-0.15, -0.1) is 0 Å². The van der Waals surface area contributed by atoms with E-state index < -0.39 is 11.5 Å². The molecule has 0 radical (unpaired) electrons. The van der Waals surface area contributed by atoms with E-state index in [4.69, 9.17) is 11.6 Å². The summed E-state index contributed by atoms with van der Waals surface area (Å²) in [5, 5.41) is 11.0. The normalized spacial score (nSPS) is 27.8. The van der Waals surface area contributed by atoms with E-state index in [2.05, 4.69) is 51.5 Å². The Morgan fingerprint density at radius 2 is 1.50 bits per heavy atom. The fourth-order valence-electron chi connectivity index (χ4n) is 8.30. The number of likely N-dealkylation sites (tertiary alicyclic amines) is 2. The smallest absolute Gasteiger partial charge is 0.245 e. The van der Waals surface area contributed by atoms with Gasteiger partial charge in [0.1, 0.15) is 6.04 Å². The summed E-state index contributed by atoms with van der Waals surface area (Å²) in [5.41, 5.74) is 0.206. The predicted octanol–water partition coefficient (Wildman–Crippen LogP) is 4.71. The van der Waals surface area contributed by atoms with Crippen LogP contribution in [0, 0.1) is 16.7 Å². The molecule has 0 spiro atoms. The lowest BCUT2D eigenvalue weighted by atomic mass is 9.74. The minimum atomic E-state index is -0.959. The van der Waals surface area contributed by atoms with Crippen LogP contribution < -0.4 is 0 Å². The molecule has 0 aromatic heterocycles. The van der Waals surface area contributed by atoms with Gasteiger partial charge in [-0.3, -0.25) is 19.3 Å². The second kappa shape index (κ2) is 14.2. The van der Waals surface area contributed by atoms with Crippen LogP contribution in [-0.2, 0) is 14.4 Å². The van der Waals surface area contributed by atoms with Crippen molar-refractivity contribution in [1.82, 2.24) is 24.5 Å². The van der Waals surface area contributed by atoms with Gasteiger partial charge >= 0.3 is 0 Å². The lowest BCUT2D eigenvalue weighted by Gasteiger charge is -2.45. The molecular formula is C38H60ClN5O4. The lowest BCUT2D eigenvalue weighted by Crippen LogP contribution is -2.55. The Hall–Kier alpha value is -2.20. The monoisotopic (exact) mass is 685 g/mol. The molecule has 1 saturated carbocycles. The van der Waals surface area contributed by atoms with Crippen LogP contribution in [0.4, 0.5) is 0 Å². The van der Waals surface area contributed by atoms with Gasteiger partial charge < -0.3 is 24.7 Å². The molecule has 48 heavy (non-hydrogen) atoms. The standard InChI is InChI=1S/C38H60ClN5O4/c1-36(2,3)42-23-30(26-9-11-27(39)12-10-26)31(24-42)33(46)43-22-29(21-32(43)34(47)41-19-17-40(8)18-20-41)44(35(48)38(6,7)25-45)28-13-15-37(4,5)16-14-28/h9-12,28-32,45H,13-25H2,1-8H3/t29-,30-,31-,32-/m0/s1. The molecule has 4 fully saturated rings. The van der Waals surface area contributed by atoms with Crippen LogP contribution in [0.1, 0.15) is 92.1 Å². The van der Waals surface area contributed by atoms with Crippen molar-refractivity contribution in [3.8, 4) is 0 Å². The fourth-order valence-corrected chi connectivity index (χ4v) is 8.43. The summed E-state index contributed by atoms with van der Waals surface area (Å²) in [6, 6.07) is 6.92. The molecular weight excluding hydrogens is 626 g/mol. The maximum Gasteiger partial charge on any atom is 0.245 e. The third-order valence-corrected chi connectivity index (χ3v) is 12.1. The zero-order valence-corrected chi connectivity index (χ0v) is 31.4. The van der Waals surface area contributed by atoms with Crippen LogP contribution in [0.15, 0.2) is 24.3 Å². The largest absolute Gasteiger partial charge is 0.395 e. The molecule has 3 aliphatic heterocycles. The zero-order valence-electron chi connectivity index (χ0n) is 30.7. The minimum absolute atomic E-state index is 0.00438. The average Bonchev–Trinajstić information content (AvgIpc) is 3.68. The summed E-state index contributed by atoms with van der Waals surface area (Å²) in [6.45, 7) is 19.0. The molecule has 3 heterocycles. The van der Waals surface area contributed by atoms with Gasteiger partial charge in [0.2, 0.25) is 17.7 Å². The molecule has 3 saturated heterocycles. The second-order valence-electron chi connectivity index (χ2n) is 17.5. The van der Waals surface area contributed by atoms with Crippen molar-refractivity contribution < 1.29 is 19.5 Å². The quantitative estimate of drug-likeness (QED) is 0.448. The lowest BCUT2D eigenvalue weighted by molar-refractivity contribution is -0.149. The number of aliphatic hydroxyl groups is 1. The van der Waals surface area contributed by atoms with Crippen LogP contribution in [0.25, 0.3) is 0 Å². The van der Waals surface area contributed by atoms with Gasteiger partial charge in [0.25, 0.3) is 0 Å². The summed E-state index contributed by atoms with van der Waals surface area (Å²) in [4.78, 5) is 54.2. The van der Waals surface area contributed by atoms with Crippen molar-refractivity contribution in [2.45, 2.75) is 110 Å². The molecule has 5 rings (SSSR count). The van der Waals surface area contributed by atoms with Crippen LogP contribution in [0.2, 0.25) is 5.02 Å². The molecule has 0 bridgehead atoms. The molecule has 9 nitrogen and oxygen atoms in total. The van der Waals surface area contributed by atoms with Crippen LogP contribution in [-0.4, -0.2) is 130 Å². The van der Waals surface area contributed by atoms with E-state index in [1.54, 1.807) is 13.8 Å². The van der Waals surface area contributed by atoms with Crippen molar-refractivity contribution in [3.63, 3.8) is 0 Å². The number of hydrogen-bond donors (Lipinski definition) is 1. The average molecular weight is 686 g/mol. The van der Waals surface area contributed by atoms with Gasteiger partial charge in [0.05, 0.1) is 24.0 Å². The van der Waals surface area contributed by atoms with E-state index in [1.165, 1.54) is 0 Å². The highest BCUT2D eigenvalue weighted by molar-refractivity contribution is 6.30. The highest BCUT2D eigenvalue weighted by Gasteiger charge is 2.52. The number of carbonyl (C=O) groups excluding carboxylic acids is 3. The number of halogens is 1. The Balaban J connectivity index is 1.50. The molecule has 10 heteroatoms. The van der Waals surface area contributed by atoms with E-state index in [-0.39, 0.29) is 59.2 Å². The van der Waals surface area contributed by atoms with Gasteiger partial charge in [0.15, 0.2) is 0 Å². The number of benzene rings is 1. The maximum absolute atomic E-state index is 15.0. The second-order valence-corrected chi connectivity index (χ2v) is 18.0. The van der Waals surface area contributed by atoms with Crippen molar-refractivity contribution in [2.24, 2.45) is 16.7 Å². The minimum Gasteiger partial charge on any atom is -0.395 e. The summed E-state index contributed by atoms with van der Waals surface area (Å²) < 4.78 is 0. The first-order valence-corrected chi connectivity index (χ1v) is 18.5. The number of piperazine rings is 1. The Labute approximate surface area is 293 Å². The van der Waals surface area contributed by atoms with E-state index >= 15 is 4.79 Å². The zero-order chi connectivity index (χ0) is 35.2. The Morgan fingerprint density at radius 1 is 0.896 bits per heavy atom. The first-order valence-electron chi connectivity index (χ1n) is 18.1. The highest BCUT2D eigenvalue weighted by atomic mass is 35.5. The van der Waals surface area contributed by atoms with Crippen LogP contribution in [0.3, 0.4) is 0 Å². The molecule has 4 atom stereocenters. The van der Waals surface area contributed by atoms with E-state index in [9.17, 15) is 14.7 Å². The fraction of sp³-hybridized carbons (Fsp3) is 0.763. The van der Waals surface area contributed by atoms with Crippen molar-refractivity contribution >= 4 is 29.3 Å². The molecule has 1 aromatic rings. The SMILES string of the molecule is CN1CCN(C(=O)[C@@H]2C[C@H](N(C(=O)C(C)(C)CO)C3CCC(C)(C)CC3)CN2C(=O)[C@H]2CN(C(C)(C)C)C[C@H]2c2ccc(Cl)cc2)CC1. The molecule has 3 amide bonds. The first kappa shape index (κ1) is 37.1. The molecule has 1 aliphatic carbocycles. The number of likely N-dealkylation sites (N-methyl/N-ethyl adjacent to an activating group) is 1. The first-order chi connectivity index (χ1) is 22.4. The number of carbonyl (C=O) groups is 3. The number of aliphatic hydroxyl groups excluding tert-OH is 1. The summed E-state index contributed by atoms with van der Waals surface area (Å²) >= 11 is 6.27. The summed E-state index contributed by atoms with van der Waals surface area (Å²) in [6.07, 6.45) is 4.19. The maximum atomic E-state index is 15.0. The van der Waals surface area contributed by atoms with E-state index in [1.807, 2.05) is 39.0 Å². The topological polar surface area (TPSA) is 87.6 Å². The summed E-state index contributed by atoms with van der Waals surface area (Å²) in [7, 11) is 2.07. The van der Waals surface area contributed by atoms with E-state index in [0.717, 1.165) is 50.9 Å². The third kappa shape index (κ3) is 7.90. The predicted molar refractivity (Wildman–Crippen MR) is 191 cm³/mol. The van der Waals surface area contributed by atoms with Crippen molar-refractivity contribution in [3.05, 3.63) is 34.9 Å². The van der Waals surface area contributed by atoms with Gasteiger partial charge in [-0.05, 0) is 96.9 Å². The van der Waals surface area contributed by atoms with Crippen LogP contribution in [0.5, 0.6) is 0 Å². The van der Waals surface area contributed by atoms with Crippen molar-refractivity contribution in [1.29, 1.82) is 0 Å². The molecule has 4 aliphatic rings. The highest BCUT2D eigenvalue weighted by Crippen LogP contribution is 2.42. The third-order valence-electron chi connectivity index (χ3n) is 11.9. The van der Waals surface area contributed by atoms with Crippen molar-refractivity contribution in [2.75, 3.05) is 59.5 Å². The Morgan fingerprint density at radius 3 is 2.06 bits per heavy atom. The summed E-state index contributed by atoms with van der Waals surface area (Å²) in [5.74, 6) is -0.473. The van der Waals surface area contributed by atoms with E-state index in [0.29, 0.717) is 37.6 Å². The number of amides is 3. The Kier molecular flexibility index (Phi) is 11.0. The van der Waals surface area contributed by atoms with Gasteiger partial charge in [0, 0.05) is 68.3 Å². The molecule has 1 aromatic carbocycles.